The molecule has 1 rings (SSSR count). The van der Waals surface area contributed by atoms with Gasteiger partial charge in [0.15, 0.2) is 0 Å². The molecule has 0 aromatic carbocycles. The second-order valence-corrected chi connectivity index (χ2v) is 4.25. The summed E-state index contributed by atoms with van der Waals surface area (Å²) in [5.74, 6) is -0.0342. The van der Waals surface area contributed by atoms with Crippen molar-refractivity contribution in [2.75, 3.05) is 6.61 Å². The highest BCUT2D eigenvalue weighted by Crippen LogP contribution is 2.31. The molecule has 1 amide bonds. The molecule has 4 nitrogen and oxygen atoms in total. The lowest BCUT2D eigenvalue weighted by Crippen LogP contribution is -2.51. The van der Waals surface area contributed by atoms with Crippen molar-refractivity contribution in [1.82, 2.24) is 5.32 Å². The van der Waals surface area contributed by atoms with Gasteiger partial charge in [-0.15, -0.1) is 0 Å². The van der Waals surface area contributed by atoms with E-state index in [0.29, 0.717) is 6.42 Å². The number of hydrogen-bond donors (Lipinski definition) is 3. The SMILES string of the molecule is CC[C@H](CO)NC(=O)CC1(N)CCC1. The minimum Gasteiger partial charge on any atom is -0.394 e. The van der Waals surface area contributed by atoms with E-state index in [1.807, 2.05) is 6.92 Å². The van der Waals surface area contributed by atoms with Gasteiger partial charge in [0.2, 0.25) is 5.91 Å². The number of carbonyl (C=O) groups excluding carboxylic acids is 1. The monoisotopic (exact) mass is 200 g/mol. The predicted molar refractivity (Wildman–Crippen MR) is 54.7 cm³/mol. The van der Waals surface area contributed by atoms with Gasteiger partial charge in [0.25, 0.3) is 0 Å². The third-order valence-electron chi connectivity index (χ3n) is 2.94. The highest BCUT2D eigenvalue weighted by atomic mass is 16.3. The topological polar surface area (TPSA) is 75.3 Å². The summed E-state index contributed by atoms with van der Waals surface area (Å²) in [6.45, 7) is 1.93. The quantitative estimate of drug-likeness (QED) is 0.591. The third-order valence-corrected chi connectivity index (χ3v) is 2.94. The molecular formula is C10H20N2O2. The Bertz CT molecular complexity index is 198. The molecule has 4 heteroatoms. The molecule has 0 bridgehead atoms. The van der Waals surface area contributed by atoms with E-state index in [-0.39, 0.29) is 24.1 Å². The van der Waals surface area contributed by atoms with Crippen LogP contribution < -0.4 is 11.1 Å². The van der Waals surface area contributed by atoms with Crippen LogP contribution in [0.4, 0.5) is 0 Å². The Morgan fingerprint density at radius 3 is 2.64 bits per heavy atom. The van der Waals surface area contributed by atoms with Gasteiger partial charge in [0.05, 0.1) is 12.6 Å². The van der Waals surface area contributed by atoms with Gasteiger partial charge < -0.3 is 16.2 Å². The number of hydrogen-bond acceptors (Lipinski definition) is 3. The molecule has 1 atom stereocenters. The van der Waals surface area contributed by atoms with Gasteiger partial charge in [0.1, 0.15) is 0 Å². The van der Waals surface area contributed by atoms with Crippen molar-refractivity contribution >= 4 is 5.91 Å². The van der Waals surface area contributed by atoms with Gasteiger partial charge in [-0.2, -0.15) is 0 Å². The first-order valence-corrected chi connectivity index (χ1v) is 5.29. The summed E-state index contributed by atoms with van der Waals surface area (Å²) in [6, 6.07) is -0.119. The van der Waals surface area contributed by atoms with Crippen molar-refractivity contribution in [1.29, 1.82) is 0 Å². The molecule has 0 aromatic heterocycles. The van der Waals surface area contributed by atoms with Crippen LogP contribution in [0, 0.1) is 0 Å². The molecule has 82 valence electrons. The Kier molecular flexibility index (Phi) is 3.89. The number of aliphatic hydroxyl groups excluding tert-OH is 1. The molecule has 0 heterocycles. The zero-order valence-corrected chi connectivity index (χ0v) is 8.75. The minimum atomic E-state index is -0.266. The maximum absolute atomic E-state index is 11.5. The van der Waals surface area contributed by atoms with Gasteiger partial charge in [0, 0.05) is 12.0 Å². The van der Waals surface area contributed by atoms with E-state index in [1.54, 1.807) is 0 Å². The molecule has 4 N–H and O–H groups in total. The van der Waals surface area contributed by atoms with E-state index in [0.717, 1.165) is 25.7 Å². The van der Waals surface area contributed by atoms with E-state index in [9.17, 15) is 4.79 Å². The van der Waals surface area contributed by atoms with Crippen molar-refractivity contribution < 1.29 is 9.90 Å². The molecule has 1 saturated carbocycles. The highest BCUT2D eigenvalue weighted by Gasteiger charge is 2.34. The van der Waals surface area contributed by atoms with Crippen LogP contribution in [-0.2, 0) is 4.79 Å². The maximum atomic E-state index is 11.5. The first kappa shape index (κ1) is 11.5. The average molecular weight is 200 g/mol. The molecule has 1 aliphatic rings. The summed E-state index contributed by atoms with van der Waals surface area (Å²) in [4.78, 5) is 11.5. The smallest absolute Gasteiger partial charge is 0.222 e. The summed E-state index contributed by atoms with van der Waals surface area (Å²) in [7, 11) is 0. The van der Waals surface area contributed by atoms with Crippen LogP contribution in [0.15, 0.2) is 0 Å². The molecule has 0 radical (unpaired) electrons. The lowest BCUT2D eigenvalue weighted by Gasteiger charge is -2.37. The second kappa shape index (κ2) is 4.75. The fraction of sp³-hybridized carbons (Fsp3) is 0.900. The van der Waals surface area contributed by atoms with Crippen molar-refractivity contribution in [3.63, 3.8) is 0 Å². The molecule has 0 spiro atoms. The highest BCUT2D eigenvalue weighted by molar-refractivity contribution is 5.77. The van der Waals surface area contributed by atoms with Crippen LogP contribution in [0.25, 0.3) is 0 Å². The largest absolute Gasteiger partial charge is 0.394 e. The predicted octanol–water partition coefficient (Wildman–Crippen LogP) is 0.145. The van der Waals surface area contributed by atoms with Gasteiger partial charge in [-0.3, -0.25) is 4.79 Å². The number of nitrogens with two attached hydrogens (primary N) is 1. The van der Waals surface area contributed by atoms with Gasteiger partial charge >= 0.3 is 0 Å². The summed E-state index contributed by atoms with van der Waals surface area (Å²) in [5.41, 5.74) is 5.67. The van der Waals surface area contributed by atoms with Gasteiger partial charge in [-0.05, 0) is 25.7 Å². The number of carbonyl (C=O) groups is 1. The molecule has 14 heavy (non-hydrogen) atoms. The van der Waals surface area contributed by atoms with Crippen molar-refractivity contribution in [2.24, 2.45) is 5.73 Å². The zero-order valence-electron chi connectivity index (χ0n) is 8.75. The van der Waals surface area contributed by atoms with Crippen molar-refractivity contribution in [3.05, 3.63) is 0 Å². The molecule has 0 unspecified atom stereocenters. The van der Waals surface area contributed by atoms with Crippen molar-refractivity contribution in [3.8, 4) is 0 Å². The zero-order chi connectivity index (χ0) is 10.6. The Morgan fingerprint density at radius 1 is 1.64 bits per heavy atom. The molecule has 1 aliphatic carbocycles. The fourth-order valence-corrected chi connectivity index (χ4v) is 1.68. The number of rotatable bonds is 5. The molecular weight excluding hydrogens is 180 g/mol. The average Bonchev–Trinajstić information content (AvgIpc) is 2.11. The first-order valence-electron chi connectivity index (χ1n) is 5.29. The second-order valence-electron chi connectivity index (χ2n) is 4.25. The lowest BCUT2D eigenvalue weighted by atomic mass is 9.75. The summed E-state index contributed by atoms with van der Waals surface area (Å²) in [5, 5.41) is 11.7. The summed E-state index contributed by atoms with van der Waals surface area (Å²) < 4.78 is 0. The van der Waals surface area contributed by atoms with Crippen LogP contribution in [0.1, 0.15) is 39.0 Å². The lowest BCUT2D eigenvalue weighted by molar-refractivity contribution is -0.124. The van der Waals surface area contributed by atoms with E-state index < -0.39 is 0 Å². The van der Waals surface area contributed by atoms with Crippen LogP contribution in [0.2, 0.25) is 0 Å². The molecule has 1 fully saturated rings. The summed E-state index contributed by atoms with van der Waals surface area (Å²) >= 11 is 0. The summed E-state index contributed by atoms with van der Waals surface area (Å²) in [6.07, 6.45) is 4.15. The first-order chi connectivity index (χ1) is 6.59. The van der Waals surface area contributed by atoms with Gasteiger partial charge in [-0.1, -0.05) is 6.92 Å². The number of nitrogens with one attached hydrogen (secondary N) is 1. The number of aliphatic hydroxyl groups is 1. The van der Waals surface area contributed by atoms with Crippen LogP contribution in [0.5, 0.6) is 0 Å². The minimum absolute atomic E-state index is 0.000187. The molecule has 0 saturated heterocycles. The van der Waals surface area contributed by atoms with Crippen LogP contribution >= 0.6 is 0 Å². The fourth-order valence-electron chi connectivity index (χ4n) is 1.68. The Balaban J connectivity index is 2.27. The van der Waals surface area contributed by atoms with Crippen LogP contribution in [-0.4, -0.2) is 29.2 Å². The third kappa shape index (κ3) is 2.96. The van der Waals surface area contributed by atoms with E-state index >= 15 is 0 Å². The number of amides is 1. The van der Waals surface area contributed by atoms with E-state index in [2.05, 4.69) is 5.32 Å². The standard InChI is InChI=1S/C10H20N2O2/c1-2-8(7-13)12-9(14)6-10(11)4-3-5-10/h8,13H,2-7,11H2,1H3,(H,12,14)/t8-/m1/s1. The Morgan fingerprint density at radius 2 is 2.29 bits per heavy atom. The van der Waals surface area contributed by atoms with E-state index in [1.165, 1.54) is 0 Å². The molecule has 0 aromatic rings. The maximum Gasteiger partial charge on any atom is 0.222 e. The Hall–Kier alpha value is -0.610. The van der Waals surface area contributed by atoms with Gasteiger partial charge in [-0.25, -0.2) is 0 Å². The van der Waals surface area contributed by atoms with E-state index in [4.69, 9.17) is 10.8 Å². The normalized spacial score (nSPS) is 21.1. The Labute approximate surface area is 84.9 Å². The van der Waals surface area contributed by atoms with Crippen molar-refractivity contribution in [2.45, 2.75) is 50.6 Å². The molecule has 0 aliphatic heterocycles. The van der Waals surface area contributed by atoms with Crippen LogP contribution in [0.3, 0.4) is 0 Å².